The first-order valence-corrected chi connectivity index (χ1v) is 6.19. The van der Waals surface area contributed by atoms with Gasteiger partial charge in [-0.1, -0.05) is 20.3 Å². The number of methoxy groups -OCH3 is 1. The fourth-order valence-electron chi connectivity index (χ4n) is 2.55. The maximum Gasteiger partial charge on any atom is 0.113 e. The van der Waals surface area contributed by atoms with Gasteiger partial charge in [0.15, 0.2) is 0 Å². The Morgan fingerprint density at radius 2 is 1.86 bits per heavy atom. The second-order valence-corrected chi connectivity index (χ2v) is 4.49. The van der Waals surface area contributed by atoms with E-state index < -0.39 is 0 Å². The van der Waals surface area contributed by atoms with Crippen molar-refractivity contribution in [3.05, 3.63) is 0 Å². The molecule has 1 saturated carbocycles. The molecule has 1 fully saturated rings. The molecule has 0 spiro atoms. The lowest BCUT2D eigenvalue weighted by molar-refractivity contribution is -0.730. The first-order valence-electron chi connectivity index (χ1n) is 6.19. The number of quaternary nitrogens is 1. The van der Waals surface area contributed by atoms with Gasteiger partial charge in [0.2, 0.25) is 0 Å². The van der Waals surface area contributed by atoms with Gasteiger partial charge in [-0.15, -0.1) is 0 Å². The van der Waals surface area contributed by atoms with Crippen LogP contribution >= 0.6 is 0 Å². The van der Waals surface area contributed by atoms with Crippen molar-refractivity contribution in [1.29, 1.82) is 0 Å². The van der Waals surface area contributed by atoms with E-state index in [1.165, 1.54) is 38.5 Å². The first-order chi connectivity index (χ1) is 6.81. The number of rotatable bonds is 5. The number of hydrogen-bond donors (Lipinski definition) is 1. The van der Waals surface area contributed by atoms with Gasteiger partial charge in [-0.2, -0.15) is 0 Å². The van der Waals surface area contributed by atoms with Crippen molar-refractivity contribution < 1.29 is 10.1 Å². The molecule has 14 heavy (non-hydrogen) atoms. The minimum absolute atomic E-state index is 0.504. The number of ether oxygens (including phenoxy) is 1. The Kier molecular flexibility index (Phi) is 5.49. The van der Waals surface area contributed by atoms with Crippen LogP contribution in [0.2, 0.25) is 0 Å². The van der Waals surface area contributed by atoms with Gasteiger partial charge in [0.25, 0.3) is 0 Å². The van der Waals surface area contributed by atoms with Gasteiger partial charge >= 0.3 is 0 Å². The molecule has 0 bridgehead atoms. The van der Waals surface area contributed by atoms with Gasteiger partial charge in [0.05, 0.1) is 6.04 Å². The summed E-state index contributed by atoms with van der Waals surface area (Å²) in [5.74, 6) is 0. The Balaban J connectivity index is 2.39. The highest BCUT2D eigenvalue weighted by Crippen LogP contribution is 2.18. The molecule has 2 heteroatoms. The molecule has 0 aromatic carbocycles. The van der Waals surface area contributed by atoms with Crippen LogP contribution in [0.15, 0.2) is 0 Å². The van der Waals surface area contributed by atoms with Crippen LogP contribution in [0, 0.1) is 0 Å². The molecule has 2 nitrogen and oxygen atoms in total. The molecular weight excluding hydrogens is 174 g/mol. The molecule has 0 amide bonds. The van der Waals surface area contributed by atoms with E-state index in [9.17, 15) is 0 Å². The Bertz CT molecular complexity index is 145. The maximum atomic E-state index is 5.56. The lowest BCUT2D eigenvalue weighted by Crippen LogP contribution is -2.97. The first kappa shape index (κ1) is 12.0. The molecule has 0 unspecified atom stereocenters. The summed E-state index contributed by atoms with van der Waals surface area (Å²) in [6.07, 6.45) is 8.41. The van der Waals surface area contributed by atoms with E-state index in [1.807, 2.05) is 7.11 Å². The predicted molar refractivity (Wildman–Crippen MR) is 59.3 cm³/mol. The van der Waals surface area contributed by atoms with E-state index >= 15 is 0 Å². The van der Waals surface area contributed by atoms with Crippen LogP contribution in [0.1, 0.15) is 52.4 Å². The molecule has 0 aliphatic heterocycles. The summed E-state index contributed by atoms with van der Waals surface area (Å²) in [4.78, 5) is 0. The minimum Gasteiger partial charge on any atom is -0.375 e. The van der Waals surface area contributed by atoms with Crippen LogP contribution in [0.5, 0.6) is 0 Å². The third-order valence-electron chi connectivity index (χ3n) is 3.62. The van der Waals surface area contributed by atoms with Crippen molar-refractivity contribution in [2.24, 2.45) is 0 Å². The van der Waals surface area contributed by atoms with E-state index in [-0.39, 0.29) is 0 Å². The van der Waals surface area contributed by atoms with Crippen LogP contribution in [-0.2, 0) is 4.74 Å². The van der Waals surface area contributed by atoms with Gasteiger partial charge in [-0.3, -0.25) is 0 Å². The van der Waals surface area contributed by atoms with Crippen LogP contribution in [0.3, 0.4) is 0 Å². The minimum atomic E-state index is 0.504. The smallest absolute Gasteiger partial charge is 0.113 e. The van der Waals surface area contributed by atoms with E-state index in [0.717, 1.165) is 12.1 Å². The molecule has 0 saturated heterocycles. The van der Waals surface area contributed by atoms with E-state index in [4.69, 9.17) is 4.74 Å². The molecule has 0 heterocycles. The van der Waals surface area contributed by atoms with Crippen LogP contribution in [0.4, 0.5) is 0 Å². The van der Waals surface area contributed by atoms with Gasteiger partial charge in [0.1, 0.15) is 12.1 Å². The number of nitrogens with two attached hydrogens (primary N) is 1. The third-order valence-corrected chi connectivity index (χ3v) is 3.62. The zero-order valence-electron chi connectivity index (χ0n) is 9.96. The second-order valence-electron chi connectivity index (χ2n) is 4.49. The van der Waals surface area contributed by atoms with Crippen LogP contribution in [0.25, 0.3) is 0 Å². The fraction of sp³-hybridized carbons (Fsp3) is 1.00. The Labute approximate surface area is 88.4 Å². The molecule has 2 atom stereocenters. The molecule has 84 valence electrons. The summed E-state index contributed by atoms with van der Waals surface area (Å²) >= 11 is 0. The van der Waals surface area contributed by atoms with E-state index in [1.54, 1.807) is 0 Å². The van der Waals surface area contributed by atoms with Crippen molar-refractivity contribution in [3.63, 3.8) is 0 Å². The van der Waals surface area contributed by atoms with Crippen LogP contribution < -0.4 is 5.32 Å². The van der Waals surface area contributed by atoms with Crippen molar-refractivity contribution >= 4 is 0 Å². The number of hydrogen-bond acceptors (Lipinski definition) is 1. The Morgan fingerprint density at radius 1 is 1.21 bits per heavy atom. The summed E-state index contributed by atoms with van der Waals surface area (Å²) < 4.78 is 5.56. The third kappa shape index (κ3) is 3.25. The van der Waals surface area contributed by atoms with Gasteiger partial charge in [-0.25, -0.2) is 0 Å². The average Bonchev–Trinajstić information content (AvgIpc) is 2.26. The molecular formula is C12H26NO+. The average molecular weight is 200 g/mol. The Hall–Kier alpha value is -0.0800. The van der Waals surface area contributed by atoms with Gasteiger partial charge < -0.3 is 10.1 Å². The van der Waals surface area contributed by atoms with Crippen LogP contribution in [-0.4, -0.2) is 25.3 Å². The topological polar surface area (TPSA) is 25.8 Å². The highest BCUT2D eigenvalue weighted by Gasteiger charge is 2.29. The summed E-state index contributed by atoms with van der Waals surface area (Å²) in [6.45, 7) is 4.57. The Morgan fingerprint density at radius 3 is 2.43 bits per heavy atom. The summed E-state index contributed by atoms with van der Waals surface area (Å²) in [7, 11) is 1.86. The molecule has 1 rings (SSSR count). The molecule has 0 radical (unpaired) electrons. The zero-order chi connectivity index (χ0) is 10.4. The summed E-state index contributed by atoms with van der Waals surface area (Å²) in [5.41, 5.74) is 0. The zero-order valence-corrected chi connectivity index (χ0v) is 9.96. The largest absolute Gasteiger partial charge is 0.375 e. The van der Waals surface area contributed by atoms with Gasteiger partial charge in [-0.05, 0) is 25.7 Å². The quantitative estimate of drug-likeness (QED) is 0.718. The SMILES string of the molecule is CCC(CC)[NH2+][C@@H]1CCCC[C@H]1OC. The highest BCUT2D eigenvalue weighted by molar-refractivity contribution is 4.74. The fourth-order valence-corrected chi connectivity index (χ4v) is 2.55. The monoisotopic (exact) mass is 200 g/mol. The molecule has 1 aliphatic carbocycles. The van der Waals surface area contributed by atoms with E-state index in [2.05, 4.69) is 19.2 Å². The summed E-state index contributed by atoms with van der Waals surface area (Å²) in [6, 6.07) is 1.52. The lowest BCUT2D eigenvalue weighted by Gasteiger charge is -2.30. The predicted octanol–water partition coefficient (Wildman–Crippen LogP) is 1.70. The van der Waals surface area contributed by atoms with E-state index in [0.29, 0.717) is 6.10 Å². The van der Waals surface area contributed by atoms with Crippen molar-refractivity contribution in [2.75, 3.05) is 7.11 Å². The molecule has 1 aliphatic rings. The van der Waals surface area contributed by atoms with Crippen molar-refractivity contribution in [1.82, 2.24) is 0 Å². The lowest BCUT2D eigenvalue weighted by atomic mass is 9.91. The standard InChI is InChI=1S/C12H25NO/c1-4-10(5-2)13-11-8-6-7-9-12(11)14-3/h10-13H,4-9H2,1-3H3/p+1/t11-,12-/m1/s1. The van der Waals surface area contributed by atoms with Crippen molar-refractivity contribution in [3.8, 4) is 0 Å². The second kappa shape index (κ2) is 6.41. The normalized spacial score (nSPS) is 28.3. The maximum absolute atomic E-state index is 5.56. The summed E-state index contributed by atoms with van der Waals surface area (Å²) in [5, 5.41) is 2.56. The molecule has 0 aromatic heterocycles. The molecule has 0 aromatic rings. The highest BCUT2D eigenvalue weighted by atomic mass is 16.5. The van der Waals surface area contributed by atoms with Gasteiger partial charge in [0, 0.05) is 13.5 Å². The van der Waals surface area contributed by atoms with Crippen molar-refractivity contribution in [2.45, 2.75) is 70.6 Å². The molecule has 2 N–H and O–H groups in total.